The summed E-state index contributed by atoms with van der Waals surface area (Å²) in [6.07, 6.45) is 2.54. The number of hydrogen-bond donors (Lipinski definition) is 0. The van der Waals surface area contributed by atoms with Gasteiger partial charge in [-0.1, -0.05) is 52.9 Å². The van der Waals surface area contributed by atoms with E-state index in [9.17, 15) is 0 Å². The first-order valence-electron chi connectivity index (χ1n) is 7.48. The Morgan fingerprint density at radius 2 is 1.68 bits per heavy atom. The maximum absolute atomic E-state index is 6.10. The molecule has 0 bridgehead atoms. The predicted molar refractivity (Wildman–Crippen MR) is 105 cm³/mol. The number of unbranched alkanes of at least 4 members (excludes halogenated alkanes) is 1. The van der Waals surface area contributed by atoms with Gasteiger partial charge in [0.05, 0.1) is 17.0 Å². The van der Waals surface area contributed by atoms with Crippen LogP contribution in [0.1, 0.15) is 12.8 Å². The van der Waals surface area contributed by atoms with Gasteiger partial charge in [0.25, 0.3) is 0 Å². The van der Waals surface area contributed by atoms with Crippen molar-refractivity contribution in [3.63, 3.8) is 0 Å². The third-order valence-corrected chi connectivity index (χ3v) is 5.38. The van der Waals surface area contributed by atoms with Crippen molar-refractivity contribution < 1.29 is 4.42 Å². The molecule has 3 rings (SSSR count). The van der Waals surface area contributed by atoms with E-state index in [2.05, 4.69) is 59.0 Å². The molecule has 0 N–H and O–H groups in total. The Balaban J connectivity index is 1.97. The summed E-state index contributed by atoms with van der Waals surface area (Å²) in [6, 6.07) is 20.8. The van der Waals surface area contributed by atoms with Gasteiger partial charge >= 0.3 is 11.3 Å². The fourth-order valence-corrected chi connectivity index (χ4v) is 3.97. The average Bonchev–Trinajstić information content (AvgIpc) is 2.59. The van der Waals surface area contributed by atoms with Crippen LogP contribution in [0.5, 0.6) is 0 Å². The molecule has 0 radical (unpaired) electrons. The van der Waals surface area contributed by atoms with E-state index in [1.165, 1.54) is 27.6 Å². The van der Waals surface area contributed by atoms with Crippen LogP contribution in [-0.2, 0) is 0 Å². The summed E-state index contributed by atoms with van der Waals surface area (Å²) in [5.41, 5.74) is 2.09. The van der Waals surface area contributed by atoms with Crippen molar-refractivity contribution in [2.24, 2.45) is 0 Å². The molecule has 3 heteroatoms. The molecule has 0 saturated carbocycles. The average molecular weight is 421 g/mol. The van der Waals surface area contributed by atoms with Gasteiger partial charge in [-0.3, -0.25) is 0 Å². The fraction of sp³-hybridized carbons (Fsp3) is 0.211. The maximum Gasteiger partial charge on any atom is 0.361 e. The van der Waals surface area contributed by atoms with Crippen LogP contribution in [0.15, 0.2) is 70.0 Å². The Kier molecular flexibility index (Phi) is 5.73. The normalized spacial score (nSPS) is 11.0. The van der Waals surface area contributed by atoms with Crippen molar-refractivity contribution in [3.8, 4) is 11.3 Å². The fourth-order valence-electron chi connectivity index (χ4n) is 2.35. The van der Waals surface area contributed by atoms with Crippen molar-refractivity contribution in [1.29, 1.82) is 0 Å². The predicted octanol–water partition coefficient (Wildman–Crippen LogP) is 6.69. The molecule has 0 fully saturated rings. The quantitative estimate of drug-likeness (QED) is 0.144. The highest BCUT2D eigenvalue weighted by molar-refractivity contribution is 14.1. The molecular weight excluding hydrogens is 403 g/mol. The summed E-state index contributed by atoms with van der Waals surface area (Å²) < 4.78 is 7.34. The highest BCUT2D eigenvalue weighted by Gasteiger charge is 2.18. The summed E-state index contributed by atoms with van der Waals surface area (Å²) in [5.74, 6) is 2.10. The van der Waals surface area contributed by atoms with E-state index in [1.807, 2.05) is 36.0 Å². The first-order valence-corrected chi connectivity index (χ1v) is 9.99. The van der Waals surface area contributed by atoms with Gasteiger partial charge in [-0.15, -0.1) is 11.8 Å². The monoisotopic (exact) mass is 421 g/mol. The number of halogens is 1. The van der Waals surface area contributed by atoms with Crippen LogP contribution in [0, 0.1) is 0 Å². The second kappa shape index (κ2) is 7.97. The molecule has 3 aromatic rings. The van der Waals surface area contributed by atoms with E-state index in [0.717, 1.165) is 22.7 Å². The van der Waals surface area contributed by atoms with E-state index >= 15 is 0 Å². The molecule has 1 heterocycles. The Labute approximate surface area is 149 Å². The van der Waals surface area contributed by atoms with Gasteiger partial charge in [-0.05, 0) is 41.2 Å². The van der Waals surface area contributed by atoms with Gasteiger partial charge in [0.1, 0.15) is 0 Å². The van der Waals surface area contributed by atoms with Gasteiger partial charge in [0.2, 0.25) is 0 Å². The van der Waals surface area contributed by atoms with Gasteiger partial charge in [-0.25, -0.2) is 4.42 Å². The minimum atomic E-state index is 0.940. The minimum absolute atomic E-state index is 0.940. The lowest BCUT2D eigenvalue weighted by molar-refractivity contribution is 0.617. The smallest absolute Gasteiger partial charge is 0.207 e. The summed E-state index contributed by atoms with van der Waals surface area (Å²) in [4.78, 5) is 1.31. The molecule has 112 valence electrons. The lowest BCUT2D eigenvalue weighted by Crippen LogP contribution is -1.86. The molecule has 1 aromatic heterocycles. The number of hydrogen-bond acceptors (Lipinski definition) is 1. The number of para-hydroxylation sites is 1. The number of thioether (sulfide) groups is 1. The Bertz CT molecular complexity index is 743. The van der Waals surface area contributed by atoms with Crippen LogP contribution in [-0.4, -0.2) is 10.2 Å². The largest absolute Gasteiger partial charge is 0.361 e. The molecule has 2 aromatic carbocycles. The molecule has 0 unspecified atom stereocenters. The Morgan fingerprint density at radius 1 is 0.909 bits per heavy atom. The van der Waals surface area contributed by atoms with Crippen molar-refractivity contribution in [3.05, 3.63) is 60.7 Å². The third-order valence-electron chi connectivity index (χ3n) is 3.48. The minimum Gasteiger partial charge on any atom is -0.207 e. The molecule has 22 heavy (non-hydrogen) atoms. The highest BCUT2D eigenvalue weighted by atomic mass is 127. The van der Waals surface area contributed by atoms with Gasteiger partial charge in [0.15, 0.2) is 0 Å². The van der Waals surface area contributed by atoms with E-state index in [1.54, 1.807) is 0 Å². The second-order valence-corrected chi connectivity index (χ2v) is 7.30. The molecular formula is C19H18IOS+. The van der Waals surface area contributed by atoms with E-state index in [4.69, 9.17) is 4.42 Å². The van der Waals surface area contributed by atoms with Gasteiger partial charge < -0.3 is 0 Å². The molecule has 0 amide bonds. The van der Waals surface area contributed by atoms with Crippen LogP contribution in [0.4, 0.5) is 0 Å². The standard InChI is InChI=1S/C19H18IOS/c20-12-6-7-13-22-19-14-18(15-8-2-1-3-9-15)21-17-11-5-4-10-16(17)19/h1-5,8-11,14H,6-7,12-13H2/q+1. The third kappa shape index (κ3) is 3.82. The Hall–Kier alpha value is -1.07. The number of fused-ring (bicyclic) bond motifs is 1. The van der Waals surface area contributed by atoms with Crippen LogP contribution in [0.2, 0.25) is 0 Å². The van der Waals surface area contributed by atoms with Crippen molar-refractivity contribution >= 4 is 45.3 Å². The zero-order chi connectivity index (χ0) is 15.2. The molecule has 1 nitrogen and oxygen atoms in total. The van der Waals surface area contributed by atoms with Crippen molar-refractivity contribution in [1.82, 2.24) is 0 Å². The Morgan fingerprint density at radius 3 is 2.50 bits per heavy atom. The number of benzene rings is 2. The summed E-state index contributed by atoms with van der Waals surface area (Å²) in [7, 11) is 0. The zero-order valence-electron chi connectivity index (χ0n) is 12.3. The molecule has 0 aliphatic carbocycles. The first-order chi connectivity index (χ1) is 10.9. The number of alkyl halides is 1. The molecule has 0 saturated heterocycles. The lowest BCUT2D eigenvalue weighted by Gasteiger charge is -2.03. The summed E-state index contributed by atoms with van der Waals surface area (Å²) in [5, 5.41) is 1.21. The molecule has 0 spiro atoms. The van der Waals surface area contributed by atoms with Gasteiger partial charge in [-0.2, -0.15) is 0 Å². The van der Waals surface area contributed by atoms with Crippen LogP contribution < -0.4 is 0 Å². The second-order valence-electron chi connectivity index (χ2n) is 5.08. The molecule has 0 aliphatic rings. The van der Waals surface area contributed by atoms with E-state index in [0.29, 0.717) is 0 Å². The number of rotatable bonds is 6. The van der Waals surface area contributed by atoms with E-state index < -0.39 is 0 Å². The maximum atomic E-state index is 6.10. The van der Waals surface area contributed by atoms with Crippen LogP contribution in [0.25, 0.3) is 22.3 Å². The van der Waals surface area contributed by atoms with Crippen molar-refractivity contribution in [2.75, 3.05) is 10.2 Å². The first kappa shape index (κ1) is 15.8. The van der Waals surface area contributed by atoms with Crippen molar-refractivity contribution in [2.45, 2.75) is 17.7 Å². The highest BCUT2D eigenvalue weighted by Crippen LogP contribution is 2.34. The molecule has 0 atom stereocenters. The van der Waals surface area contributed by atoms with Crippen LogP contribution >= 0.6 is 34.4 Å². The van der Waals surface area contributed by atoms with Crippen LogP contribution in [0.3, 0.4) is 0 Å². The summed E-state index contributed by atoms with van der Waals surface area (Å²) in [6.45, 7) is 0. The SMILES string of the molecule is ICCCCSc1cc(-c2ccccc2)[o+]c2ccccc12. The molecule has 0 aliphatic heterocycles. The topological polar surface area (TPSA) is 11.3 Å². The van der Waals surface area contributed by atoms with Gasteiger partial charge in [0, 0.05) is 11.0 Å². The van der Waals surface area contributed by atoms with E-state index in [-0.39, 0.29) is 0 Å². The zero-order valence-corrected chi connectivity index (χ0v) is 15.3. The lowest BCUT2D eigenvalue weighted by atomic mass is 10.1. The summed E-state index contributed by atoms with van der Waals surface area (Å²) >= 11 is 4.38.